The van der Waals surface area contributed by atoms with Crippen LogP contribution in [0.3, 0.4) is 0 Å². The molecule has 0 saturated carbocycles. The zero-order valence-corrected chi connectivity index (χ0v) is 13.3. The van der Waals surface area contributed by atoms with Gasteiger partial charge in [0.2, 0.25) is 0 Å². The van der Waals surface area contributed by atoms with Crippen molar-refractivity contribution in [3.05, 3.63) is 29.8 Å². The standard InChI is InChI=1S/C16H23N3O3/c1-4-5-6-9-13-10-7-8-11-14(13)18-12(2)17-15(20)19(18)16(21)22-3/h7-8,10-12H,4-6,9H2,1-3H3,(H,17,20). The Kier molecular flexibility index (Phi) is 5.25. The lowest BCUT2D eigenvalue weighted by Crippen LogP contribution is -2.46. The highest BCUT2D eigenvalue weighted by molar-refractivity contribution is 5.95. The van der Waals surface area contributed by atoms with Crippen LogP contribution in [-0.4, -0.2) is 30.4 Å². The molecule has 6 heteroatoms. The zero-order chi connectivity index (χ0) is 16.1. The van der Waals surface area contributed by atoms with Crippen molar-refractivity contribution < 1.29 is 14.3 Å². The van der Waals surface area contributed by atoms with Gasteiger partial charge in [0.05, 0.1) is 12.8 Å². The highest BCUT2D eigenvalue weighted by Crippen LogP contribution is 2.28. The summed E-state index contributed by atoms with van der Waals surface area (Å²) in [6, 6.07) is 7.37. The van der Waals surface area contributed by atoms with Crippen LogP contribution in [0.5, 0.6) is 0 Å². The van der Waals surface area contributed by atoms with Crippen LogP contribution >= 0.6 is 0 Å². The van der Waals surface area contributed by atoms with Crippen LogP contribution < -0.4 is 10.3 Å². The number of aryl methyl sites for hydroxylation is 1. The van der Waals surface area contributed by atoms with Crippen molar-refractivity contribution in [3.63, 3.8) is 0 Å². The third-order valence-corrected chi connectivity index (χ3v) is 3.74. The Balaban J connectivity index is 2.32. The summed E-state index contributed by atoms with van der Waals surface area (Å²) in [5.41, 5.74) is 1.98. The van der Waals surface area contributed by atoms with Gasteiger partial charge in [-0.25, -0.2) is 14.6 Å². The molecule has 1 heterocycles. The van der Waals surface area contributed by atoms with Crippen LogP contribution in [0.25, 0.3) is 0 Å². The van der Waals surface area contributed by atoms with Gasteiger partial charge in [0.15, 0.2) is 0 Å². The van der Waals surface area contributed by atoms with E-state index in [1.165, 1.54) is 7.11 Å². The van der Waals surface area contributed by atoms with Crippen LogP contribution in [0.1, 0.15) is 38.7 Å². The molecule has 0 spiro atoms. The van der Waals surface area contributed by atoms with E-state index in [0.29, 0.717) is 0 Å². The van der Waals surface area contributed by atoms with Crippen molar-refractivity contribution in [2.45, 2.75) is 45.7 Å². The Morgan fingerprint density at radius 3 is 2.73 bits per heavy atom. The summed E-state index contributed by atoms with van der Waals surface area (Å²) in [7, 11) is 1.27. The van der Waals surface area contributed by atoms with Crippen LogP contribution in [0.15, 0.2) is 24.3 Å². The number of unbranched alkanes of at least 4 members (excludes halogenated alkanes) is 2. The molecule has 1 aliphatic rings. The molecule has 1 saturated heterocycles. The maximum atomic E-state index is 12.0. The number of hydrazine groups is 1. The number of amides is 3. The van der Waals surface area contributed by atoms with Crippen LogP contribution in [0.4, 0.5) is 15.3 Å². The molecule has 1 atom stereocenters. The lowest BCUT2D eigenvalue weighted by atomic mass is 10.0. The Morgan fingerprint density at radius 1 is 1.32 bits per heavy atom. The second kappa shape index (κ2) is 7.15. The summed E-state index contributed by atoms with van der Waals surface area (Å²) < 4.78 is 4.73. The number of carbonyl (C=O) groups is 2. The summed E-state index contributed by atoms with van der Waals surface area (Å²) in [4.78, 5) is 23.9. The molecule has 2 rings (SSSR count). The summed E-state index contributed by atoms with van der Waals surface area (Å²) in [5, 5.41) is 5.42. The Bertz CT molecular complexity index is 539. The maximum absolute atomic E-state index is 12.0. The van der Waals surface area contributed by atoms with E-state index in [0.717, 1.165) is 41.9 Å². The summed E-state index contributed by atoms with van der Waals surface area (Å²) in [5.74, 6) is 0. The first-order valence-corrected chi connectivity index (χ1v) is 7.65. The molecule has 6 nitrogen and oxygen atoms in total. The van der Waals surface area contributed by atoms with E-state index in [4.69, 9.17) is 4.74 Å². The van der Waals surface area contributed by atoms with Crippen molar-refractivity contribution >= 4 is 17.8 Å². The van der Waals surface area contributed by atoms with E-state index in [1.807, 2.05) is 31.2 Å². The fraction of sp³-hybridized carbons (Fsp3) is 0.500. The lowest BCUT2D eigenvalue weighted by molar-refractivity contribution is 0.133. The van der Waals surface area contributed by atoms with Gasteiger partial charge in [-0.15, -0.1) is 5.01 Å². The number of para-hydroxylation sites is 1. The molecule has 22 heavy (non-hydrogen) atoms. The van der Waals surface area contributed by atoms with E-state index in [9.17, 15) is 9.59 Å². The molecule has 1 unspecified atom stereocenters. The number of carbonyl (C=O) groups excluding carboxylic acids is 2. The molecule has 120 valence electrons. The van der Waals surface area contributed by atoms with E-state index >= 15 is 0 Å². The molecule has 1 aromatic carbocycles. The van der Waals surface area contributed by atoms with Gasteiger partial charge in [0, 0.05) is 0 Å². The van der Waals surface area contributed by atoms with E-state index < -0.39 is 12.1 Å². The van der Waals surface area contributed by atoms with Gasteiger partial charge in [0.1, 0.15) is 6.17 Å². The van der Waals surface area contributed by atoms with E-state index in [2.05, 4.69) is 12.2 Å². The minimum absolute atomic E-state index is 0.307. The number of hydrogen-bond donors (Lipinski definition) is 1. The minimum Gasteiger partial charge on any atom is -0.451 e. The van der Waals surface area contributed by atoms with Crippen LogP contribution in [0.2, 0.25) is 0 Å². The number of methoxy groups -OCH3 is 1. The largest absolute Gasteiger partial charge is 0.451 e. The second-order valence-electron chi connectivity index (χ2n) is 5.34. The number of hydrogen-bond acceptors (Lipinski definition) is 4. The van der Waals surface area contributed by atoms with Crippen molar-refractivity contribution in [1.29, 1.82) is 0 Å². The minimum atomic E-state index is -0.690. The van der Waals surface area contributed by atoms with Gasteiger partial charge in [-0.2, -0.15) is 0 Å². The van der Waals surface area contributed by atoms with E-state index in [-0.39, 0.29) is 6.17 Å². The maximum Gasteiger partial charge on any atom is 0.437 e. The van der Waals surface area contributed by atoms with E-state index in [1.54, 1.807) is 5.01 Å². The number of nitrogens with zero attached hydrogens (tertiary/aromatic N) is 2. The van der Waals surface area contributed by atoms with Gasteiger partial charge in [-0.1, -0.05) is 38.0 Å². The normalized spacial score (nSPS) is 17.6. The van der Waals surface area contributed by atoms with Crippen molar-refractivity contribution in [1.82, 2.24) is 10.3 Å². The van der Waals surface area contributed by atoms with Crippen molar-refractivity contribution in [2.75, 3.05) is 12.1 Å². The van der Waals surface area contributed by atoms with Gasteiger partial charge >= 0.3 is 12.1 Å². The predicted octanol–water partition coefficient (Wildman–Crippen LogP) is 3.28. The zero-order valence-electron chi connectivity index (χ0n) is 13.3. The molecule has 1 N–H and O–H groups in total. The smallest absolute Gasteiger partial charge is 0.437 e. The Hall–Kier alpha value is -2.24. The van der Waals surface area contributed by atoms with Crippen molar-refractivity contribution in [3.8, 4) is 0 Å². The highest BCUT2D eigenvalue weighted by Gasteiger charge is 2.40. The number of nitrogens with one attached hydrogen (secondary N) is 1. The Labute approximate surface area is 131 Å². The molecule has 0 aliphatic carbocycles. The predicted molar refractivity (Wildman–Crippen MR) is 84.4 cm³/mol. The molecular weight excluding hydrogens is 282 g/mol. The average molecular weight is 305 g/mol. The highest BCUT2D eigenvalue weighted by atomic mass is 16.6. The Morgan fingerprint density at radius 2 is 2.05 bits per heavy atom. The first-order chi connectivity index (χ1) is 10.6. The molecular formula is C16H23N3O3. The first kappa shape index (κ1) is 16.1. The fourth-order valence-electron chi connectivity index (χ4n) is 2.66. The molecule has 3 amide bonds. The number of imide groups is 1. The lowest BCUT2D eigenvalue weighted by Gasteiger charge is -2.30. The fourth-order valence-corrected chi connectivity index (χ4v) is 2.66. The third kappa shape index (κ3) is 3.16. The molecule has 0 bridgehead atoms. The van der Waals surface area contributed by atoms with Gasteiger partial charge in [0.25, 0.3) is 0 Å². The average Bonchev–Trinajstić information content (AvgIpc) is 2.81. The number of ether oxygens (including phenoxy) is 1. The SMILES string of the molecule is CCCCCc1ccccc1N1C(C)NC(=O)N1C(=O)OC. The van der Waals surface area contributed by atoms with Gasteiger partial charge < -0.3 is 10.1 Å². The molecule has 1 aliphatic heterocycles. The van der Waals surface area contributed by atoms with Gasteiger partial charge in [-0.05, 0) is 31.4 Å². The van der Waals surface area contributed by atoms with Crippen LogP contribution in [0, 0.1) is 0 Å². The molecule has 0 aromatic heterocycles. The van der Waals surface area contributed by atoms with Crippen LogP contribution in [-0.2, 0) is 11.2 Å². The molecule has 0 radical (unpaired) electrons. The molecule has 1 fully saturated rings. The monoisotopic (exact) mass is 305 g/mol. The second-order valence-corrected chi connectivity index (χ2v) is 5.34. The number of urea groups is 1. The first-order valence-electron chi connectivity index (χ1n) is 7.65. The number of benzene rings is 1. The topological polar surface area (TPSA) is 61.9 Å². The summed E-state index contributed by atoms with van der Waals surface area (Å²) in [6.07, 6.45) is 3.30. The number of anilines is 1. The van der Waals surface area contributed by atoms with Crippen molar-refractivity contribution in [2.24, 2.45) is 0 Å². The summed E-state index contributed by atoms with van der Waals surface area (Å²) >= 11 is 0. The third-order valence-electron chi connectivity index (χ3n) is 3.74. The summed E-state index contributed by atoms with van der Waals surface area (Å²) in [6.45, 7) is 4.00. The number of rotatable bonds is 5. The molecule has 1 aromatic rings. The quantitative estimate of drug-likeness (QED) is 0.848. The van der Waals surface area contributed by atoms with Gasteiger partial charge in [-0.3, -0.25) is 0 Å².